The molecule has 0 aromatic heterocycles. The third kappa shape index (κ3) is 12.1. The number of unbranched alkanes of at least 4 members (excludes halogenated alkanes) is 10. The Hall–Kier alpha value is -1.35. The fraction of sp³-hybridized carbons (Fsp3) is 0.696. The van der Waals surface area contributed by atoms with E-state index in [1.54, 1.807) is 12.1 Å². The van der Waals surface area contributed by atoms with E-state index in [1.807, 2.05) is 12.1 Å². The molecule has 0 bridgehead atoms. The summed E-state index contributed by atoms with van der Waals surface area (Å²) in [5.74, 6) is -1.10. The zero-order valence-electron chi connectivity index (χ0n) is 16.6. The summed E-state index contributed by atoms with van der Waals surface area (Å²) >= 11 is 0. The maximum Gasteiger partial charge on any atom is 0.0715 e. The molecule has 26 heavy (non-hydrogen) atoms. The molecule has 0 N–H and O–H groups in total. The van der Waals surface area contributed by atoms with Gasteiger partial charge in [0.25, 0.3) is 0 Å². The van der Waals surface area contributed by atoms with Gasteiger partial charge >= 0.3 is 0 Å². The number of benzene rings is 1. The highest BCUT2D eigenvalue weighted by atomic mass is 16.5. The molecule has 0 unspecified atom stereocenters. The van der Waals surface area contributed by atoms with E-state index in [9.17, 15) is 9.90 Å². The molecule has 0 saturated heterocycles. The van der Waals surface area contributed by atoms with Crippen molar-refractivity contribution in [3.05, 3.63) is 35.4 Å². The molecule has 1 aromatic rings. The molecule has 0 heterocycles. The first-order chi connectivity index (χ1) is 12.7. The maximum atomic E-state index is 10.7. The molecule has 0 saturated carbocycles. The maximum absolute atomic E-state index is 10.7. The van der Waals surface area contributed by atoms with Gasteiger partial charge in [0.2, 0.25) is 0 Å². The van der Waals surface area contributed by atoms with Crippen molar-refractivity contribution in [2.24, 2.45) is 0 Å². The van der Waals surface area contributed by atoms with E-state index in [2.05, 4.69) is 6.92 Å². The molecule has 3 heteroatoms. The van der Waals surface area contributed by atoms with Crippen molar-refractivity contribution in [3.8, 4) is 0 Å². The van der Waals surface area contributed by atoms with E-state index < -0.39 is 5.97 Å². The summed E-state index contributed by atoms with van der Waals surface area (Å²) in [5, 5.41) is 10.7. The fourth-order valence-electron chi connectivity index (χ4n) is 3.13. The van der Waals surface area contributed by atoms with Crippen LogP contribution in [0.3, 0.4) is 0 Å². The molecule has 0 amide bonds. The highest BCUT2D eigenvalue weighted by Gasteiger charge is 1.97. The van der Waals surface area contributed by atoms with Gasteiger partial charge in [-0.25, -0.2) is 0 Å². The van der Waals surface area contributed by atoms with Crippen LogP contribution in [0.25, 0.3) is 0 Å². The van der Waals surface area contributed by atoms with Gasteiger partial charge in [-0.2, -0.15) is 0 Å². The van der Waals surface area contributed by atoms with Crippen LogP contribution in [-0.4, -0.2) is 19.2 Å². The van der Waals surface area contributed by atoms with Gasteiger partial charge in [0.15, 0.2) is 0 Å². The first-order valence-corrected chi connectivity index (χ1v) is 10.6. The second-order valence-electron chi connectivity index (χ2n) is 7.24. The topological polar surface area (TPSA) is 49.4 Å². The summed E-state index contributed by atoms with van der Waals surface area (Å²) in [6.07, 6.45) is 16.4. The van der Waals surface area contributed by atoms with Crippen LogP contribution in [-0.2, 0) is 11.2 Å². The van der Waals surface area contributed by atoms with Gasteiger partial charge in [0.1, 0.15) is 0 Å². The van der Waals surface area contributed by atoms with E-state index in [0.29, 0.717) is 0 Å². The first kappa shape index (κ1) is 22.7. The zero-order valence-corrected chi connectivity index (χ0v) is 16.6. The molecule has 0 aliphatic carbocycles. The van der Waals surface area contributed by atoms with Crippen molar-refractivity contribution in [1.82, 2.24) is 0 Å². The number of aryl methyl sites for hydroxylation is 1. The summed E-state index contributed by atoms with van der Waals surface area (Å²) < 4.78 is 5.71. The molecular formula is C23H37O3-. The van der Waals surface area contributed by atoms with E-state index in [-0.39, 0.29) is 5.56 Å². The Balaban J connectivity index is 1.83. The molecular weight excluding hydrogens is 324 g/mol. The Morgan fingerprint density at radius 3 is 1.81 bits per heavy atom. The lowest BCUT2D eigenvalue weighted by Crippen LogP contribution is -2.21. The van der Waals surface area contributed by atoms with Crippen molar-refractivity contribution in [2.45, 2.75) is 90.4 Å². The number of carboxylic acids is 1. The quantitative estimate of drug-likeness (QED) is 0.353. The van der Waals surface area contributed by atoms with Crippen LogP contribution >= 0.6 is 0 Å². The predicted octanol–water partition coefficient (Wildman–Crippen LogP) is 5.31. The molecule has 1 aromatic carbocycles. The van der Waals surface area contributed by atoms with E-state index in [0.717, 1.165) is 19.6 Å². The van der Waals surface area contributed by atoms with Crippen molar-refractivity contribution >= 4 is 5.97 Å². The van der Waals surface area contributed by atoms with E-state index >= 15 is 0 Å². The average Bonchev–Trinajstić information content (AvgIpc) is 2.65. The highest BCUT2D eigenvalue weighted by molar-refractivity contribution is 5.85. The summed E-state index contributed by atoms with van der Waals surface area (Å²) in [6, 6.07) is 7.06. The van der Waals surface area contributed by atoms with Crippen molar-refractivity contribution < 1.29 is 14.6 Å². The minimum absolute atomic E-state index is 0.257. The first-order valence-electron chi connectivity index (χ1n) is 10.6. The largest absolute Gasteiger partial charge is 0.545 e. The standard InChI is InChI=1S/C23H38O3/c1-2-3-4-5-9-12-19-26-20-13-10-7-6-8-11-14-21-15-17-22(18-16-21)23(24)25/h15-18H,2-14,19-20H2,1H3,(H,24,25)/p-1. The average molecular weight is 362 g/mol. The van der Waals surface area contributed by atoms with Crippen molar-refractivity contribution in [1.29, 1.82) is 0 Å². The third-order valence-electron chi connectivity index (χ3n) is 4.84. The van der Waals surface area contributed by atoms with E-state index in [1.165, 1.54) is 82.6 Å². The lowest BCUT2D eigenvalue weighted by atomic mass is 10.0. The van der Waals surface area contributed by atoms with Crippen molar-refractivity contribution in [3.63, 3.8) is 0 Å². The molecule has 0 radical (unpaired) electrons. The number of rotatable bonds is 17. The number of carbonyl (C=O) groups is 1. The number of ether oxygens (including phenoxy) is 1. The molecule has 0 atom stereocenters. The number of carboxylic acid groups (broad SMARTS) is 1. The highest BCUT2D eigenvalue weighted by Crippen LogP contribution is 2.11. The molecule has 0 spiro atoms. The summed E-state index contributed by atoms with van der Waals surface area (Å²) in [4.78, 5) is 10.7. The second-order valence-corrected chi connectivity index (χ2v) is 7.24. The van der Waals surface area contributed by atoms with Crippen LogP contribution in [0.1, 0.15) is 99.9 Å². The molecule has 0 aliphatic rings. The Kier molecular flexibility index (Phi) is 13.8. The second kappa shape index (κ2) is 15.9. The number of hydrogen-bond acceptors (Lipinski definition) is 3. The number of hydrogen-bond donors (Lipinski definition) is 0. The normalized spacial score (nSPS) is 11.0. The zero-order chi connectivity index (χ0) is 18.9. The molecule has 0 aliphatic heterocycles. The fourth-order valence-corrected chi connectivity index (χ4v) is 3.13. The van der Waals surface area contributed by atoms with Crippen molar-refractivity contribution in [2.75, 3.05) is 13.2 Å². The van der Waals surface area contributed by atoms with Crippen LogP contribution < -0.4 is 5.11 Å². The summed E-state index contributed by atoms with van der Waals surface area (Å²) in [7, 11) is 0. The van der Waals surface area contributed by atoms with Gasteiger partial charge in [-0.15, -0.1) is 0 Å². The molecule has 0 fully saturated rings. The van der Waals surface area contributed by atoms with Gasteiger partial charge in [-0.3, -0.25) is 0 Å². The van der Waals surface area contributed by atoms with Gasteiger partial charge in [0, 0.05) is 13.2 Å². The number of carbonyl (C=O) groups excluding carboxylic acids is 1. The smallest absolute Gasteiger partial charge is 0.0715 e. The molecule has 3 nitrogen and oxygen atoms in total. The SMILES string of the molecule is CCCCCCCCOCCCCCCCCc1ccc(C(=O)[O-])cc1. The van der Waals surface area contributed by atoms with Gasteiger partial charge in [0.05, 0.1) is 5.97 Å². The summed E-state index contributed by atoms with van der Waals surface area (Å²) in [6.45, 7) is 4.10. The molecule has 148 valence electrons. The Bertz CT molecular complexity index is 453. The van der Waals surface area contributed by atoms with Gasteiger partial charge in [-0.1, -0.05) is 89.0 Å². The summed E-state index contributed by atoms with van der Waals surface area (Å²) in [5.41, 5.74) is 1.46. The monoisotopic (exact) mass is 361 g/mol. The minimum atomic E-state index is -1.10. The third-order valence-corrected chi connectivity index (χ3v) is 4.84. The van der Waals surface area contributed by atoms with E-state index in [4.69, 9.17) is 4.74 Å². The number of aromatic carboxylic acids is 1. The minimum Gasteiger partial charge on any atom is -0.545 e. The van der Waals surface area contributed by atoms with Crippen LogP contribution in [0.15, 0.2) is 24.3 Å². The van der Waals surface area contributed by atoms with Crippen LogP contribution in [0.4, 0.5) is 0 Å². The Morgan fingerprint density at radius 1 is 0.769 bits per heavy atom. The van der Waals surface area contributed by atoms with Gasteiger partial charge in [-0.05, 0) is 36.8 Å². The molecule has 1 rings (SSSR count). The Labute approximate surface area is 160 Å². The van der Waals surface area contributed by atoms with Crippen LogP contribution in [0.2, 0.25) is 0 Å². The lowest BCUT2D eigenvalue weighted by molar-refractivity contribution is -0.255. The van der Waals surface area contributed by atoms with Crippen LogP contribution in [0, 0.1) is 0 Å². The lowest BCUT2D eigenvalue weighted by Gasteiger charge is -2.06. The predicted molar refractivity (Wildman–Crippen MR) is 106 cm³/mol. The Morgan fingerprint density at radius 2 is 1.27 bits per heavy atom. The van der Waals surface area contributed by atoms with Crippen LogP contribution in [0.5, 0.6) is 0 Å². The van der Waals surface area contributed by atoms with Gasteiger partial charge < -0.3 is 14.6 Å².